The van der Waals surface area contributed by atoms with Gasteiger partial charge in [-0.3, -0.25) is 10.1 Å². The van der Waals surface area contributed by atoms with E-state index < -0.39 is 21.1 Å². The molecule has 0 radical (unpaired) electrons. The van der Waals surface area contributed by atoms with Gasteiger partial charge in [0.15, 0.2) is 5.76 Å². The minimum Gasteiger partial charge on any atom is -0.488 e. The van der Waals surface area contributed by atoms with E-state index in [1.807, 2.05) is 0 Å². The number of allylic oxidation sites excluding steroid dienone is 2. The Balaban J connectivity index is 1.82. The standard InChI is InChI=1S/C21H30N6O5SSi/c1-13(7-8-22)23-20-25-26-21(33-20)24-18(28)15-12-14(17(31-3)19(29)32-15)27-9-5-4-6-16(27)34-11-10-30-2/h7-8,12,16,22H,4-6,9-11,34H2,1-3H3,(H,23,25)(H,24,26,28)/b13-7-,22-8?. The Labute approximate surface area is 203 Å². The fourth-order valence-electron chi connectivity index (χ4n) is 3.88. The van der Waals surface area contributed by atoms with Gasteiger partial charge in [0.25, 0.3) is 5.91 Å². The van der Waals surface area contributed by atoms with Crippen molar-refractivity contribution in [1.29, 1.82) is 5.41 Å². The second kappa shape index (κ2) is 12.4. The summed E-state index contributed by atoms with van der Waals surface area (Å²) in [5, 5.41) is 21.3. The highest BCUT2D eigenvalue weighted by molar-refractivity contribution is 7.19. The number of methoxy groups -OCH3 is 2. The fourth-order valence-corrected chi connectivity index (χ4v) is 6.78. The van der Waals surface area contributed by atoms with Gasteiger partial charge in [0, 0.05) is 53.4 Å². The second-order valence-corrected chi connectivity index (χ2v) is 11.0. The highest BCUT2D eigenvalue weighted by Gasteiger charge is 2.28. The maximum Gasteiger partial charge on any atom is 0.381 e. The van der Waals surface area contributed by atoms with E-state index in [0.29, 0.717) is 22.2 Å². The Morgan fingerprint density at radius 3 is 2.82 bits per heavy atom. The van der Waals surface area contributed by atoms with Crippen LogP contribution < -0.4 is 25.9 Å². The maximum absolute atomic E-state index is 12.9. The van der Waals surface area contributed by atoms with Crippen molar-refractivity contribution in [2.45, 2.75) is 37.9 Å². The molecule has 1 aliphatic heterocycles. The van der Waals surface area contributed by atoms with Gasteiger partial charge >= 0.3 is 5.63 Å². The van der Waals surface area contributed by atoms with Crippen molar-refractivity contribution in [2.75, 3.05) is 42.9 Å². The van der Waals surface area contributed by atoms with Crippen molar-refractivity contribution < 1.29 is 18.7 Å². The van der Waals surface area contributed by atoms with Crippen LogP contribution in [0.15, 0.2) is 27.1 Å². The van der Waals surface area contributed by atoms with E-state index in [1.165, 1.54) is 7.11 Å². The van der Waals surface area contributed by atoms with Crippen LogP contribution in [0.2, 0.25) is 6.04 Å². The zero-order valence-corrected chi connectivity index (χ0v) is 21.8. The van der Waals surface area contributed by atoms with E-state index in [4.69, 9.17) is 19.3 Å². The molecule has 13 heteroatoms. The third kappa shape index (κ3) is 6.52. The van der Waals surface area contributed by atoms with Gasteiger partial charge in [0.2, 0.25) is 16.0 Å². The summed E-state index contributed by atoms with van der Waals surface area (Å²) in [4.78, 5) is 27.8. The number of nitrogens with one attached hydrogen (secondary N) is 3. The molecular formula is C21H30N6O5SSi. The zero-order valence-electron chi connectivity index (χ0n) is 19.6. The SMILES string of the molecule is COCC[SiH2]C1CCCCN1c1cc(C(=O)Nc2nnc(N/C(C)=C\C=N)s2)oc(=O)c1OC. The highest BCUT2D eigenvalue weighted by atomic mass is 32.1. The zero-order chi connectivity index (χ0) is 24.5. The molecule has 184 valence electrons. The Kier molecular flexibility index (Phi) is 9.36. The van der Waals surface area contributed by atoms with Crippen LogP contribution in [0.3, 0.4) is 0 Å². The molecule has 1 atom stereocenters. The van der Waals surface area contributed by atoms with Gasteiger partial charge in [-0.2, -0.15) is 0 Å². The molecule has 1 aliphatic rings. The molecule has 0 aliphatic carbocycles. The number of ether oxygens (including phenoxy) is 2. The Hall–Kier alpha value is -3.03. The molecule has 0 saturated carbocycles. The van der Waals surface area contributed by atoms with Crippen molar-refractivity contribution in [3.05, 3.63) is 34.0 Å². The monoisotopic (exact) mass is 506 g/mol. The van der Waals surface area contributed by atoms with Gasteiger partial charge in [0.05, 0.1) is 12.8 Å². The number of rotatable bonds is 11. The van der Waals surface area contributed by atoms with Crippen LogP contribution in [0, 0.1) is 5.41 Å². The molecule has 1 amide bonds. The highest BCUT2D eigenvalue weighted by Crippen LogP contribution is 2.32. The normalized spacial score (nSPS) is 16.6. The van der Waals surface area contributed by atoms with Gasteiger partial charge in [-0.05, 0) is 38.3 Å². The van der Waals surface area contributed by atoms with E-state index in [9.17, 15) is 9.59 Å². The van der Waals surface area contributed by atoms with Gasteiger partial charge in [-0.15, -0.1) is 10.2 Å². The van der Waals surface area contributed by atoms with Crippen molar-refractivity contribution in [3.63, 3.8) is 0 Å². The largest absolute Gasteiger partial charge is 0.488 e. The summed E-state index contributed by atoms with van der Waals surface area (Å²) in [7, 11) is 2.64. The number of carbonyl (C=O) groups excluding carboxylic acids is 1. The summed E-state index contributed by atoms with van der Waals surface area (Å²) in [5.74, 6) is -0.603. The lowest BCUT2D eigenvalue weighted by atomic mass is 10.1. The first-order valence-electron chi connectivity index (χ1n) is 11.0. The topological polar surface area (TPSA) is 143 Å². The molecule has 0 bridgehead atoms. The number of anilines is 3. The summed E-state index contributed by atoms with van der Waals surface area (Å²) >= 11 is 1.12. The number of aromatic nitrogens is 2. The van der Waals surface area contributed by atoms with Crippen LogP contribution in [0.4, 0.5) is 16.0 Å². The predicted octanol–water partition coefficient (Wildman–Crippen LogP) is 2.27. The minimum atomic E-state index is -0.694. The third-order valence-corrected chi connectivity index (χ3v) is 8.39. The predicted molar refractivity (Wildman–Crippen MR) is 136 cm³/mol. The number of hydrogen-bond acceptors (Lipinski definition) is 11. The quantitative estimate of drug-likeness (QED) is 0.237. The van der Waals surface area contributed by atoms with Crippen LogP contribution >= 0.6 is 11.3 Å². The minimum absolute atomic E-state index is 0.111. The Morgan fingerprint density at radius 1 is 1.35 bits per heavy atom. The Bertz CT molecular complexity index is 1090. The first-order valence-corrected chi connectivity index (χ1v) is 13.7. The van der Waals surface area contributed by atoms with Crippen LogP contribution in [0.5, 0.6) is 5.75 Å². The number of carbonyl (C=O) groups is 1. The first kappa shape index (κ1) is 25.6. The maximum atomic E-state index is 12.9. The van der Waals surface area contributed by atoms with E-state index in [2.05, 4.69) is 25.7 Å². The molecule has 3 N–H and O–H groups in total. The molecule has 34 heavy (non-hydrogen) atoms. The lowest BCUT2D eigenvalue weighted by molar-refractivity contribution is 0.0991. The molecule has 2 aromatic rings. The molecule has 1 saturated heterocycles. The van der Waals surface area contributed by atoms with Gasteiger partial charge in [-0.25, -0.2) is 4.79 Å². The second-order valence-electron chi connectivity index (χ2n) is 7.80. The number of amides is 1. The average molecular weight is 507 g/mol. The van der Waals surface area contributed by atoms with E-state index in [1.54, 1.807) is 26.2 Å². The van der Waals surface area contributed by atoms with Crippen molar-refractivity contribution >= 4 is 48.9 Å². The van der Waals surface area contributed by atoms with Crippen molar-refractivity contribution in [1.82, 2.24) is 10.2 Å². The van der Waals surface area contributed by atoms with Gasteiger partial charge in [-0.1, -0.05) is 11.3 Å². The van der Waals surface area contributed by atoms with E-state index in [0.717, 1.165) is 56.0 Å². The summed E-state index contributed by atoms with van der Waals surface area (Å²) < 4.78 is 15.9. The van der Waals surface area contributed by atoms with Crippen molar-refractivity contribution in [2.24, 2.45) is 0 Å². The lowest BCUT2D eigenvalue weighted by Crippen LogP contribution is -2.44. The molecule has 1 unspecified atom stereocenters. The summed E-state index contributed by atoms with van der Waals surface area (Å²) in [6.07, 6.45) is 5.92. The molecule has 11 nitrogen and oxygen atoms in total. The van der Waals surface area contributed by atoms with Gasteiger partial charge < -0.3 is 29.5 Å². The van der Waals surface area contributed by atoms with Gasteiger partial charge in [0.1, 0.15) is 0 Å². The molecule has 1 fully saturated rings. The average Bonchev–Trinajstić information content (AvgIpc) is 3.25. The third-order valence-electron chi connectivity index (χ3n) is 5.42. The van der Waals surface area contributed by atoms with E-state index >= 15 is 0 Å². The number of piperidine rings is 1. The summed E-state index contributed by atoms with van der Waals surface area (Å²) in [5.41, 5.74) is 0.954. The molecule has 3 heterocycles. The van der Waals surface area contributed by atoms with E-state index in [-0.39, 0.29) is 16.6 Å². The molecular weight excluding hydrogens is 476 g/mol. The smallest absolute Gasteiger partial charge is 0.381 e. The summed E-state index contributed by atoms with van der Waals surface area (Å²) in [6, 6.07) is 2.62. The number of nitrogens with zero attached hydrogens (tertiary/aromatic N) is 3. The molecule has 3 rings (SSSR count). The lowest BCUT2D eigenvalue weighted by Gasteiger charge is -2.38. The molecule has 2 aromatic heterocycles. The number of hydrogen-bond donors (Lipinski definition) is 3. The van der Waals surface area contributed by atoms with Crippen LogP contribution in [-0.2, 0) is 4.74 Å². The first-order chi connectivity index (χ1) is 16.5. The van der Waals surface area contributed by atoms with Crippen molar-refractivity contribution in [3.8, 4) is 5.75 Å². The fraction of sp³-hybridized carbons (Fsp3) is 0.476. The summed E-state index contributed by atoms with van der Waals surface area (Å²) in [6.45, 7) is 3.30. The Morgan fingerprint density at radius 2 is 2.12 bits per heavy atom. The molecule has 0 aromatic carbocycles. The molecule has 0 spiro atoms. The van der Waals surface area contributed by atoms with Crippen LogP contribution in [-0.4, -0.2) is 64.9 Å². The van der Waals surface area contributed by atoms with Crippen LogP contribution in [0.1, 0.15) is 36.7 Å². The van der Waals surface area contributed by atoms with Crippen LogP contribution in [0.25, 0.3) is 0 Å².